The average Bonchev–Trinajstić information content (AvgIpc) is 2.67. The zero-order valence-electron chi connectivity index (χ0n) is 7.38. The number of hydrogen-bond donors (Lipinski definition) is 1. The minimum absolute atomic E-state index is 0.803. The van der Waals surface area contributed by atoms with E-state index in [1.165, 1.54) is 21.3 Å². The van der Waals surface area contributed by atoms with Crippen LogP contribution in [0.4, 0.5) is 5.69 Å². The van der Waals surface area contributed by atoms with Crippen LogP contribution in [0.5, 0.6) is 0 Å². The monoisotopic (exact) mass is 223 g/mol. The van der Waals surface area contributed by atoms with Crippen LogP contribution in [0.1, 0.15) is 4.88 Å². The summed E-state index contributed by atoms with van der Waals surface area (Å²) in [6.45, 7) is 0. The molecule has 0 atom stereocenters. The van der Waals surface area contributed by atoms with E-state index >= 15 is 0 Å². The molecule has 1 aromatic carbocycles. The molecule has 2 aromatic rings. The Bertz CT molecular complexity index is 400. The van der Waals surface area contributed by atoms with E-state index in [1.807, 2.05) is 18.2 Å². The van der Waals surface area contributed by atoms with Crippen LogP contribution in [0.3, 0.4) is 0 Å². The molecule has 0 saturated carbocycles. The summed E-state index contributed by atoms with van der Waals surface area (Å²) in [6, 6.07) is 7.87. The minimum Gasteiger partial charge on any atom is -0.399 e. The highest BCUT2D eigenvalue weighted by molar-refractivity contribution is 7.98. The summed E-state index contributed by atoms with van der Waals surface area (Å²) < 4.78 is 3.81. The first kappa shape index (κ1) is 9.48. The molecule has 0 aliphatic rings. The van der Waals surface area contributed by atoms with E-state index in [1.54, 1.807) is 18.0 Å². The third-order valence-electron chi connectivity index (χ3n) is 1.65. The van der Waals surface area contributed by atoms with Gasteiger partial charge in [-0.15, -0.1) is 16.9 Å². The third kappa shape index (κ3) is 2.46. The van der Waals surface area contributed by atoms with Gasteiger partial charge in [0, 0.05) is 16.3 Å². The normalized spacial score (nSPS) is 10.3. The van der Waals surface area contributed by atoms with Crippen molar-refractivity contribution in [1.82, 2.24) is 9.59 Å². The van der Waals surface area contributed by atoms with E-state index in [2.05, 4.69) is 15.7 Å². The molecule has 3 nitrogen and oxygen atoms in total. The second-order valence-electron chi connectivity index (χ2n) is 2.74. The number of nitrogens with two attached hydrogens (primary N) is 1. The standard InChI is InChI=1S/C9H9N3S2/c10-7-2-1-3-8(4-7)13-6-9-5-11-12-14-9/h1-5H,6,10H2. The van der Waals surface area contributed by atoms with Crippen molar-refractivity contribution in [3.63, 3.8) is 0 Å². The van der Waals surface area contributed by atoms with E-state index in [4.69, 9.17) is 5.73 Å². The zero-order valence-corrected chi connectivity index (χ0v) is 9.02. The van der Waals surface area contributed by atoms with Crippen LogP contribution in [-0.2, 0) is 5.75 Å². The van der Waals surface area contributed by atoms with Crippen molar-refractivity contribution in [2.24, 2.45) is 0 Å². The highest BCUT2D eigenvalue weighted by Gasteiger charge is 1.98. The molecular weight excluding hydrogens is 214 g/mol. The van der Waals surface area contributed by atoms with Crippen molar-refractivity contribution >= 4 is 29.0 Å². The van der Waals surface area contributed by atoms with Gasteiger partial charge in [-0.25, -0.2) is 0 Å². The number of thioether (sulfide) groups is 1. The van der Waals surface area contributed by atoms with Crippen LogP contribution in [0.15, 0.2) is 35.4 Å². The Morgan fingerprint density at radius 1 is 1.43 bits per heavy atom. The first-order valence-corrected chi connectivity index (χ1v) is 5.85. The van der Waals surface area contributed by atoms with Crippen molar-refractivity contribution in [3.8, 4) is 0 Å². The van der Waals surface area contributed by atoms with Gasteiger partial charge in [-0.1, -0.05) is 10.6 Å². The number of hydrogen-bond acceptors (Lipinski definition) is 5. The van der Waals surface area contributed by atoms with E-state index in [9.17, 15) is 0 Å². The molecule has 0 unspecified atom stereocenters. The first-order valence-electron chi connectivity index (χ1n) is 4.09. The van der Waals surface area contributed by atoms with Gasteiger partial charge in [-0.2, -0.15) is 0 Å². The Morgan fingerprint density at radius 2 is 2.36 bits per heavy atom. The smallest absolute Gasteiger partial charge is 0.0661 e. The number of aromatic nitrogens is 2. The molecule has 0 fully saturated rings. The van der Waals surface area contributed by atoms with E-state index < -0.39 is 0 Å². The van der Waals surface area contributed by atoms with Crippen LogP contribution in [-0.4, -0.2) is 9.59 Å². The molecule has 0 amide bonds. The number of nitrogens with zero attached hydrogens (tertiary/aromatic N) is 2. The van der Waals surface area contributed by atoms with Gasteiger partial charge >= 0.3 is 0 Å². The molecule has 72 valence electrons. The van der Waals surface area contributed by atoms with Crippen molar-refractivity contribution in [2.75, 3.05) is 5.73 Å². The number of anilines is 1. The molecule has 0 bridgehead atoms. The molecule has 14 heavy (non-hydrogen) atoms. The SMILES string of the molecule is Nc1cccc(SCc2cnns2)c1. The number of nitrogen functional groups attached to an aromatic ring is 1. The Hall–Kier alpha value is -1.07. The van der Waals surface area contributed by atoms with E-state index in [0.717, 1.165) is 11.4 Å². The highest BCUT2D eigenvalue weighted by atomic mass is 32.2. The van der Waals surface area contributed by atoms with Gasteiger partial charge in [-0.3, -0.25) is 0 Å². The maximum Gasteiger partial charge on any atom is 0.0661 e. The lowest BCUT2D eigenvalue weighted by atomic mass is 10.3. The average molecular weight is 223 g/mol. The first-order chi connectivity index (χ1) is 6.84. The molecule has 0 radical (unpaired) electrons. The predicted octanol–water partition coefficient (Wildman–Crippen LogP) is 2.41. The third-order valence-corrected chi connectivity index (χ3v) is 3.53. The van der Waals surface area contributed by atoms with E-state index in [-0.39, 0.29) is 0 Å². The Morgan fingerprint density at radius 3 is 3.07 bits per heavy atom. The molecule has 0 aliphatic carbocycles. The molecule has 0 aliphatic heterocycles. The zero-order chi connectivity index (χ0) is 9.80. The maximum atomic E-state index is 5.67. The molecule has 0 saturated heterocycles. The number of rotatable bonds is 3. The van der Waals surface area contributed by atoms with Crippen molar-refractivity contribution < 1.29 is 0 Å². The maximum absolute atomic E-state index is 5.67. The second kappa shape index (κ2) is 4.43. The largest absolute Gasteiger partial charge is 0.399 e. The minimum atomic E-state index is 0.803. The topological polar surface area (TPSA) is 51.8 Å². The molecule has 1 aromatic heterocycles. The van der Waals surface area contributed by atoms with Crippen LogP contribution < -0.4 is 5.73 Å². The predicted molar refractivity (Wildman–Crippen MR) is 60.3 cm³/mol. The van der Waals surface area contributed by atoms with Gasteiger partial charge < -0.3 is 5.73 Å². The Kier molecular flexibility index (Phi) is 3.00. The van der Waals surface area contributed by atoms with Gasteiger partial charge in [0.15, 0.2) is 0 Å². The van der Waals surface area contributed by atoms with Crippen LogP contribution in [0, 0.1) is 0 Å². The Labute approximate surface area is 90.5 Å². The summed E-state index contributed by atoms with van der Waals surface area (Å²) in [5, 5.41) is 3.78. The molecular formula is C9H9N3S2. The van der Waals surface area contributed by atoms with Gasteiger partial charge in [0.25, 0.3) is 0 Å². The lowest BCUT2D eigenvalue weighted by molar-refractivity contribution is 1.15. The molecule has 0 spiro atoms. The molecule has 1 heterocycles. The quantitative estimate of drug-likeness (QED) is 0.641. The summed E-state index contributed by atoms with van der Waals surface area (Å²) in [6.07, 6.45) is 1.80. The van der Waals surface area contributed by atoms with Gasteiger partial charge in [0.05, 0.1) is 11.1 Å². The fourth-order valence-corrected chi connectivity index (χ4v) is 2.47. The van der Waals surface area contributed by atoms with E-state index in [0.29, 0.717) is 0 Å². The van der Waals surface area contributed by atoms with Crippen LogP contribution >= 0.6 is 23.3 Å². The molecule has 2 rings (SSSR count). The lowest BCUT2D eigenvalue weighted by Crippen LogP contribution is -1.83. The van der Waals surface area contributed by atoms with Crippen molar-refractivity contribution in [3.05, 3.63) is 35.3 Å². The lowest BCUT2D eigenvalue weighted by Gasteiger charge is -1.99. The fraction of sp³-hybridized carbons (Fsp3) is 0.111. The summed E-state index contributed by atoms with van der Waals surface area (Å²) in [4.78, 5) is 2.36. The summed E-state index contributed by atoms with van der Waals surface area (Å²) >= 11 is 3.18. The Balaban J connectivity index is 1.98. The highest BCUT2D eigenvalue weighted by Crippen LogP contribution is 2.24. The second-order valence-corrected chi connectivity index (χ2v) is 4.66. The summed E-state index contributed by atoms with van der Waals surface area (Å²) in [7, 11) is 0. The summed E-state index contributed by atoms with van der Waals surface area (Å²) in [5.41, 5.74) is 6.48. The number of benzene rings is 1. The molecule has 2 N–H and O–H groups in total. The van der Waals surface area contributed by atoms with Gasteiger partial charge in [0.1, 0.15) is 0 Å². The fourth-order valence-electron chi connectivity index (χ4n) is 1.01. The van der Waals surface area contributed by atoms with Crippen LogP contribution in [0.25, 0.3) is 0 Å². The molecule has 5 heteroatoms. The van der Waals surface area contributed by atoms with Gasteiger partial charge in [-0.05, 0) is 29.7 Å². The van der Waals surface area contributed by atoms with Crippen LogP contribution in [0.2, 0.25) is 0 Å². The van der Waals surface area contributed by atoms with Crippen molar-refractivity contribution in [2.45, 2.75) is 10.6 Å². The van der Waals surface area contributed by atoms with Gasteiger partial charge in [0.2, 0.25) is 0 Å². The summed E-state index contributed by atoms with van der Waals surface area (Å²) in [5.74, 6) is 0.904. The van der Waals surface area contributed by atoms with Crippen molar-refractivity contribution in [1.29, 1.82) is 0 Å².